The lowest BCUT2D eigenvalue weighted by molar-refractivity contribution is -0.135. The minimum atomic E-state index is -4.65. The molecule has 39 heavy (non-hydrogen) atoms. The summed E-state index contributed by atoms with van der Waals surface area (Å²) in [5, 5.41) is 16.7. The van der Waals surface area contributed by atoms with Crippen molar-refractivity contribution in [2.24, 2.45) is 0 Å². The summed E-state index contributed by atoms with van der Waals surface area (Å²) in [4.78, 5) is 46.1. The fourth-order valence-electron chi connectivity index (χ4n) is 3.99. The van der Waals surface area contributed by atoms with Gasteiger partial charge < -0.3 is 20.9 Å². The summed E-state index contributed by atoms with van der Waals surface area (Å²) < 4.78 is 38.6. The second kappa shape index (κ2) is 12.9. The van der Waals surface area contributed by atoms with Crippen molar-refractivity contribution < 1.29 is 22.8 Å². The van der Waals surface area contributed by atoms with E-state index in [0.29, 0.717) is 17.7 Å². The number of aromatic nitrogens is 2. The van der Waals surface area contributed by atoms with Crippen LogP contribution >= 0.6 is 11.3 Å². The van der Waals surface area contributed by atoms with Gasteiger partial charge in [-0.05, 0) is 46.1 Å². The molecular weight excluding hydrogens is 537 g/mol. The number of nitrogens with one attached hydrogen (secondary N) is 3. The number of alkyl halides is 3. The van der Waals surface area contributed by atoms with Crippen LogP contribution in [0.5, 0.6) is 0 Å². The maximum Gasteiger partial charge on any atom is 0.405 e. The summed E-state index contributed by atoms with van der Waals surface area (Å²) in [6.07, 6.45) is -2.34. The van der Waals surface area contributed by atoms with Crippen molar-refractivity contribution in [2.45, 2.75) is 32.1 Å². The van der Waals surface area contributed by atoms with Gasteiger partial charge in [-0.3, -0.25) is 23.9 Å². The highest BCUT2D eigenvalue weighted by Gasteiger charge is 2.29. The first-order valence-corrected chi connectivity index (χ1v) is 12.8. The highest BCUT2D eigenvalue weighted by atomic mass is 32.1. The Bertz CT molecular complexity index is 1430. The predicted molar refractivity (Wildman–Crippen MR) is 141 cm³/mol. The third-order valence-electron chi connectivity index (χ3n) is 5.98. The van der Waals surface area contributed by atoms with Gasteiger partial charge in [0.2, 0.25) is 5.91 Å². The van der Waals surface area contributed by atoms with E-state index in [9.17, 15) is 32.8 Å². The second-order valence-electron chi connectivity index (χ2n) is 8.97. The monoisotopic (exact) mass is 566 g/mol. The molecule has 0 aromatic carbocycles. The van der Waals surface area contributed by atoms with Gasteiger partial charge in [-0.15, -0.1) is 11.3 Å². The predicted octanol–water partition coefficient (Wildman–Crippen LogP) is 0.102. The van der Waals surface area contributed by atoms with E-state index in [0.717, 1.165) is 35.4 Å². The van der Waals surface area contributed by atoms with Gasteiger partial charge >= 0.3 is 6.18 Å². The molecule has 1 fully saturated rings. The van der Waals surface area contributed by atoms with Crippen molar-refractivity contribution in [1.29, 1.82) is 5.26 Å². The van der Waals surface area contributed by atoms with Crippen molar-refractivity contribution in [1.82, 2.24) is 24.7 Å². The summed E-state index contributed by atoms with van der Waals surface area (Å²) >= 11 is 0.782. The summed E-state index contributed by atoms with van der Waals surface area (Å²) in [6.45, 7) is 2.17. The average molecular weight is 567 g/mol. The van der Waals surface area contributed by atoms with E-state index in [1.807, 2.05) is 19.0 Å². The van der Waals surface area contributed by atoms with Crippen LogP contribution in [0.25, 0.3) is 11.8 Å². The molecule has 1 saturated heterocycles. The Morgan fingerprint density at radius 1 is 1.33 bits per heavy atom. The van der Waals surface area contributed by atoms with Gasteiger partial charge in [0, 0.05) is 25.3 Å². The number of amides is 2. The molecule has 0 aliphatic carbocycles. The van der Waals surface area contributed by atoms with Crippen molar-refractivity contribution in [2.75, 3.05) is 50.9 Å². The Hall–Kier alpha value is -3.74. The third kappa shape index (κ3) is 8.12. The number of carbonyl (C=O) groups excluding carboxylic acids is 2. The van der Waals surface area contributed by atoms with Gasteiger partial charge in [-0.25, -0.2) is 4.98 Å². The number of carbonyl (C=O) groups is 2. The number of thiazole rings is 1. The van der Waals surface area contributed by atoms with Crippen LogP contribution in [0.2, 0.25) is 0 Å². The molecule has 1 aliphatic rings. The number of likely N-dealkylation sites (N-methyl/N-ethyl adjacent to an activating group) is 2. The fourth-order valence-corrected chi connectivity index (χ4v) is 5.08. The minimum Gasteiger partial charge on any atom is -0.345 e. The van der Waals surface area contributed by atoms with Crippen LogP contribution in [0, 0.1) is 11.3 Å². The van der Waals surface area contributed by atoms with Crippen LogP contribution in [0.3, 0.4) is 0 Å². The van der Waals surface area contributed by atoms with Gasteiger partial charge in [0.1, 0.15) is 33.4 Å². The van der Waals surface area contributed by atoms with Crippen molar-refractivity contribution >= 4 is 46.6 Å². The Labute approximate surface area is 226 Å². The Morgan fingerprint density at radius 2 is 2.05 bits per heavy atom. The SMILES string of the molecule is CCn1c(=O)/c(=C\Nc2cccc(NC(=O)CN(C)C3CCN(C)C3)n2)s/c1=C(/C#N)C(=O)NCC(F)(F)F. The maximum absolute atomic E-state index is 12.8. The van der Waals surface area contributed by atoms with Gasteiger partial charge in [-0.1, -0.05) is 6.07 Å². The third-order valence-corrected chi connectivity index (χ3v) is 7.11. The van der Waals surface area contributed by atoms with Gasteiger partial charge in [0.25, 0.3) is 11.5 Å². The number of nitriles is 1. The van der Waals surface area contributed by atoms with Crippen LogP contribution in [0.15, 0.2) is 23.0 Å². The Kier molecular flexibility index (Phi) is 9.84. The molecule has 0 saturated carbocycles. The molecule has 0 spiro atoms. The van der Waals surface area contributed by atoms with Crippen molar-refractivity contribution in [3.05, 3.63) is 37.7 Å². The second-order valence-corrected chi connectivity index (χ2v) is 10.0. The molecule has 3 rings (SSSR count). The van der Waals surface area contributed by atoms with Crippen molar-refractivity contribution in [3.63, 3.8) is 0 Å². The molecule has 3 heterocycles. The molecule has 15 heteroatoms. The molecule has 2 aromatic heterocycles. The van der Waals surface area contributed by atoms with E-state index in [1.54, 1.807) is 36.5 Å². The zero-order valence-electron chi connectivity index (χ0n) is 21.6. The van der Waals surface area contributed by atoms with E-state index >= 15 is 0 Å². The van der Waals surface area contributed by atoms with E-state index in [2.05, 4.69) is 20.5 Å². The first-order valence-electron chi connectivity index (χ1n) is 12.0. The highest BCUT2D eigenvalue weighted by molar-refractivity contribution is 7.07. The highest BCUT2D eigenvalue weighted by Crippen LogP contribution is 2.14. The molecule has 1 atom stereocenters. The fraction of sp³-hybridized carbons (Fsp3) is 0.458. The summed E-state index contributed by atoms with van der Waals surface area (Å²) in [7, 11) is 3.94. The normalized spacial score (nSPS) is 17.2. The van der Waals surface area contributed by atoms with Crippen LogP contribution in [0.1, 0.15) is 13.3 Å². The molecule has 0 bridgehead atoms. The molecule has 210 valence electrons. The van der Waals surface area contributed by atoms with Crippen LogP contribution in [0.4, 0.5) is 24.8 Å². The Balaban J connectivity index is 1.77. The topological polar surface area (TPSA) is 135 Å². The molecule has 3 N–H and O–H groups in total. The van der Waals surface area contributed by atoms with Crippen LogP contribution in [-0.4, -0.2) is 83.7 Å². The van der Waals surface area contributed by atoms with Gasteiger partial charge in [0.05, 0.1) is 6.54 Å². The molecule has 1 aliphatic heterocycles. The first kappa shape index (κ1) is 29.8. The van der Waals surface area contributed by atoms with Crippen molar-refractivity contribution in [3.8, 4) is 6.07 Å². The molecule has 0 radical (unpaired) electrons. The molecule has 1 unspecified atom stereocenters. The lowest BCUT2D eigenvalue weighted by Crippen LogP contribution is -2.39. The van der Waals surface area contributed by atoms with Crippen LogP contribution < -0.4 is 30.7 Å². The lowest BCUT2D eigenvalue weighted by Gasteiger charge is -2.23. The molecule has 2 amide bonds. The maximum atomic E-state index is 12.8. The van der Waals surface area contributed by atoms with Gasteiger partial charge in [0.15, 0.2) is 5.57 Å². The van der Waals surface area contributed by atoms with E-state index in [1.165, 1.54) is 6.20 Å². The molecule has 2 aromatic rings. The van der Waals surface area contributed by atoms with E-state index < -0.39 is 29.8 Å². The first-order chi connectivity index (χ1) is 18.4. The summed E-state index contributed by atoms with van der Waals surface area (Å²) in [5.41, 5.74) is -1.13. The number of hydrogen-bond acceptors (Lipinski definition) is 9. The number of pyridine rings is 1. The number of nitrogens with zero attached hydrogens (tertiary/aromatic N) is 5. The van der Waals surface area contributed by atoms with E-state index in [-0.39, 0.29) is 28.2 Å². The number of rotatable bonds is 9. The largest absolute Gasteiger partial charge is 0.405 e. The molecular formula is C24H29F3N8O3S. The zero-order chi connectivity index (χ0) is 28.7. The van der Waals surface area contributed by atoms with E-state index in [4.69, 9.17) is 0 Å². The van der Waals surface area contributed by atoms with Gasteiger partial charge in [-0.2, -0.15) is 18.4 Å². The standard InChI is InChI=1S/C24H29F3N8O3S/c1-4-35-22(38)17(39-23(35)16(10-28)21(37)30-14-24(25,26)27)11-29-18-6-5-7-19(31-18)32-20(36)13-34(3)15-8-9-33(2)12-15/h5-7,11,15H,4,8-9,12-14H2,1-3H3,(H,30,37)(H2,29,31,32,36)/b17-11+,23-16-. The minimum absolute atomic E-state index is 0.0655. The average Bonchev–Trinajstić information content (AvgIpc) is 3.44. The van der Waals surface area contributed by atoms with Crippen LogP contribution in [-0.2, 0) is 16.1 Å². The lowest BCUT2D eigenvalue weighted by atomic mass is 10.2. The number of halogens is 3. The summed E-state index contributed by atoms with van der Waals surface area (Å²) in [5.74, 6) is -0.843. The quantitative estimate of drug-likeness (QED) is 0.389. The number of hydrogen-bond donors (Lipinski definition) is 3. The number of likely N-dealkylation sites (tertiary alicyclic amines) is 1. The summed E-state index contributed by atoms with van der Waals surface area (Å²) in [6, 6.07) is 6.78. The smallest absolute Gasteiger partial charge is 0.345 e. The Morgan fingerprint density at radius 3 is 2.67 bits per heavy atom. The zero-order valence-corrected chi connectivity index (χ0v) is 22.4. The molecule has 11 nitrogen and oxygen atoms in total. The number of anilines is 2.